The first-order valence-electron chi connectivity index (χ1n) is 14.2. The third-order valence-corrected chi connectivity index (χ3v) is 9.70. The van der Waals surface area contributed by atoms with Gasteiger partial charge in [0.05, 0.1) is 17.8 Å². The van der Waals surface area contributed by atoms with Crippen molar-refractivity contribution < 1.29 is 19.1 Å². The van der Waals surface area contributed by atoms with Crippen LogP contribution in [0.3, 0.4) is 0 Å². The molecule has 41 heavy (non-hydrogen) atoms. The number of hydrogen-bond acceptors (Lipinski definition) is 9. The minimum atomic E-state index is -1.13. The SMILES string of the molecule is CN1CCN(c2nc(-c3ccc(C(=O)NC4(C(=O)N5C[C@H](N=[N+]=[N-])[C@H]6OCC(=O)[C@H]65)CCCCC4)cc3)cs2)CC1. The Morgan fingerprint density at radius 1 is 1.15 bits per heavy atom. The maximum absolute atomic E-state index is 14.1. The highest BCUT2D eigenvalue weighted by atomic mass is 32.1. The average Bonchev–Trinajstić information content (AvgIpc) is 3.72. The first kappa shape index (κ1) is 27.6. The number of carbonyl (C=O) groups excluding carboxylic acids is 3. The molecule has 1 saturated carbocycles. The van der Waals surface area contributed by atoms with Gasteiger partial charge < -0.3 is 24.8 Å². The van der Waals surface area contributed by atoms with Gasteiger partial charge in [-0.2, -0.15) is 0 Å². The molecule has 4 fully saturated rings. The van der Waals surface area contributed by atoms with E-state index in [1.807, 2.05) is 17.5 Å². The summed E-state index contributed by atoms with van der Waals surface area (Å²) >= 11 is 1.63. The molecule has 6 rings (SSSR count). The van der Waals surface area contributed by atoms with Crippen molar-refractivity contribution in [1.82, 2.24) is 20.1 Å². The monoisotopic (exact) mass is 578 g/mol. The number of thiazole rings is 1. The first-order valence-corrected chi connectivity index (χ1v) is 15.1. The number of likely N-dealkylation sites (tertiary alicyclic amines) is 1. The summed E-state index contributed by atoms with van der Waals surface area (Å²) in [4.78, 5) is 54.1. The molecule has 1 aromatic heterocycles. The van der Waals surface area contributed by atoms with E-state index in [1.54, 1.807) is 23.5 Å². The van der Waals surface area contributed by atoms with Crippen molar-refractivity contribution in [2.24, 2.45) is 5.11 Å². The summed E-state index contributed by atoms with van der Waals surface area (Å²) in [5, 5.41) is 9.90. The Balaban J connectivity index is 1.18. The predicted molar refractivity (Wildman–Crippen MR) is 154 cm³/mol. The van der Waals surface area contributed by atoms with Gasteiger partial charge in [-0.15, -0.1) is 11.3 Å². The number of piperazine rings is 1. The van der Waals surface area contributed by atoms with Gasteiger partial charge in [-0.3, -0.25) is 14.4 Å². The smallest absolute Gasteiger partial charge is 0.252 e. The summed E-state index contributed by atoms with van der Waals surface area (Å²) in [5.41, 5.74) is 10.1. The molecule has 13 heteroatoms. The van der Waals surface area contributed by atoms with Gasteiger partial charge >= 0.3 is 0 Å². The molecule has 0 spiro atoms. The van der Waals surface area contributed by atoms with Crippen LogP contribution in [0.4, 0.5) is 5.13 Å². The summed E-state index contributed by atoms with van der Waals surface area (Å²) in [6.07, 6.45) is 2.87. The molecule has 0 bridgehead atoms. The summed E-state index contributed by atoms with van der Waals surface area (Å²) in [7, 11) is 2.13. The first-order chi connectivity index (χ1) is 19.9. The number of benzene rings is 1. The number of carbonyl (C=O) groups is 3. The van der Waals surface area contributed by atoms with E-state index in [4.69, 9.17) is 15.3 Å². The topological polar surface area (TPSA) is 144 Å². The molecule has 0 unspecified atom stereocenters. The molecule has 2 aromatic rings. The largest absolute Gasteiger partial charge is 0.367 e. The molecule has 1 aromatic carbocycles. The zero-order valence-electron chi connectivity index (χ0n) is 23.1. The quantitative estimate of drug-likeness (QED) is 0.315. The lowest BCUT2D eigenvalue weighted by molar-refractivity contribution is -0.143. The van der Waals surface area contributed by atoms with Crippen molar-refractivity contribution in [2.45, 2.75) is 55.8 Å². The predicted octanol–water partition coefficient (Wildman–Crippen LogP) is 2.85. The number of nitrogens with one attached hydrogen (secondary N) is 1. The maximum atomic E-state index is 14.1. The van der Waals surface area contributed by atoms with Gasteiger partial charge in [0, 0.05) is 54.1 Å². The van der Waals surface area contributed by atoms with E-state index in [9.17, 15) is 14.4 Å². The van der Waals surface area contributed by atoms with Crippen LogP contribution in [0, 0.1) is 0 Å². The van der Waals surface area contributed by atoms with Gasteiger partial charge in [-0.25, -0.2) is 4.98 Å². The highest BCUT2D eigenvalue weighted by Gasteiger charge is 2.56. The van der Waals surface area contributed by atoms with Crippen LogP contribution in [0.5, 0.6) is 0 Å². The number of aromatic nitrogens is 1. The lowest BCUT2D eigenvalue weighted by Gasteiger charge is -2.40. The van der Waals surface area contributed by atoms with Crippen LogP contribution in [0.2, 0.25) is 0 Å². The average molecular weight is 579 g/mol. The van der Waals surface area contributed by atoms with Crippen molar-refractivity contribution >= 4 is 34.1 Å². The number of fused-ring (bicyclic) bond motifs is 1. The minimum Gasteiger partial charge on any atom is -0.367 e. The fraction of sp³-hybridized carbons (Fsp3) is 0.571. The molecule has 216 valence electrons. The number of hydrogen-bond donors (Lipinski definition) is 1. The van der Waals surface area contributed by atoms with Gasteiger partial charge in [0.25, 0.3) is 5.91 Å². The molecule has 3 saturated heterocycles. The molecule has 2 amide bonds. The van der Waals surface area contributed by atoms with E-state index in [2.05, 4.69) is 32.2 Å². The number of ketones is 1. The van der Waals surface area contributed by atoms with Gasteiger partial charge in [0.15, 0.2) is 10.9 Å². The second-order valence-corrected chi connectivity index (χ2v) is 12.2. The molecule has 3 atom stereocenters. The molecular formula is C28H34N8O4S. The van der Waals surface area contributed by atoms with Crippen molar-refractivity contribution in [1.29, 1.82) is 0 Å². The number of amides is 2. The normalized spacial score (nSPS) is 26.0. The highest BCUT2D eigenvalue weighted by Crippen LogP contribution is 2.36. The number of Topliss-reactive ketones (excluding diaryl/α,β-unsaturated/α-hetero) is 1. The molecule has 3 aliphatic heterocycles. The number of nitrogens with zero attached hydrogens (tertiary/aromatic N) is 7. The second kappa shape index (κ2) is 11.4. The standard InChI is InChI=1S/C28H34N8O4S/c1-34-11-13-35(14-12-34)27-30-21(17-41-27)18-5-7-19(8-6-18)25(38)31-28(9-3-2-4-10-28)26(39)36-15-20(32-33-29)24-23(36)22(37)16-40-24/h5-8,17,20,23-24H,2-4,9-16H2,1H3,(H,31,38)/t20-,23+,24+/m0/s1. The van der Waals surface area contributed by atoms with Gasteiger partial charge in [-0.1, -0.05) is 36.5 Å². The maximum Gasteiger partial charge on any atom is 0.252 e. The number of anilines is 1. The van der Waals surface area contributed by atoms with Crippen LogP contribution in [-0.4, -0.2) is 102 Å². The van der Waals surface area contributed by atoms with Crippen molar-refractivity contribution in [3.63, 3.8) is 0 Å². The lowest BCUT2D eigenvalue weighted by Crippen LogP contribution is -2.62. The molecular weight excluding hydrogens is 544 g/mol. The molecule has 4 aliphatic rings. The van der Waals surface area contributed by atoms with Crippen molar-refractivity contribution in [3.05, 3.63) is 45.7 Å². The number of likely N-dealkylation sites (N-methyl/N-ethyl adjacent to an activating group) is 1. The van der Waals surface area contributed by atoms with Crippen LogP contribution in [0.1, 0.15) is 42.5 Å². The highest BCUT2D eigenvalue weighted by molar-refractivity contribution is 7.14. The zero-order valence-corrected chi connectivity index (χ0v) is 23.9. The van der Waals surface area contributed by atoms with Crippen LogP contribution < -0.4 is 10.2 Å². The minimum absolute atomic E-state index is 0.0973. The third-order valence-electron chi connectivity index (χ3n) is 8.80. The third kappa shape index (κ3) is 5.30. The van der Waals surface area contributed by atoms with Crippen molar-refractivity contribution in [3.8, 4) is 11.3 Å². The Kier molecular flexibility index (Phi) is 7.69. The molecule has 1 N–H and O–H groups in total. The Hall–Kier alpha value is -3.51. The molecule has 0 radical (unpaired) electrons. The van der Waals surface area contributed by atoms with Crippen LogP contribution >= 0.6 is 11.3 Å². The summed E-state index contributed by atoms with van der Waals surface area (Å²) in [6, 6.07) is 5.87. The van der Waals surface area contributed by atoms with E-state index < -0.39 is 23.7 Å². The second-order valence-electron chi connectivity index (χ2n) is 11.4. The zero-order chi connectivity index (χ0) is 28.6. The number of azide groups is 1. The van der Waals surface area contributed by atoms with E-state index >= 15 is 0 Å². The Morgan fingerprint density at radius 2 is 1.88 bits per heavy atom. The Bertz CT molecular complexity index is 1360. The number of ether oxygens (including phenoxy) is 1. The summed E-state index contributed by atoms with van der Waals surface area (Å²) in [6.45, 7) is 3.92. The number of rotatable bonds is 6. The Labute approximate surface area is 242 Å². The molecule has 4 heterocycles. The van der Waals surface area contributed by atoms with E-state index in [-0.39, 0.29) is 30.7 Å². The van der Waals surface area contributed by atoms with Crippen molar-refractivity contribution in [2.75, 3.05) is 51.3 Å². The van der Waals surface area contributed by atoms with Gasteiger partial charge in [0.2, 0.25) is 5.91 Å². The fourth-order valence-corrected chi connectivity index (χ4v) is 7.34. The van der Waals surface area contributed by atoms with Crippen LogP contribution in [-0.2, 0) is 14.3 Å². The van der Waals surface area contributed by atoms with Crippen LogP contribution in [0.25, 0.3) is 21.7 Å². The van der Waals surface area contributed by atoms with E-state index in [0.717, 1.165) is 61.8 Å². The van der Waals surface area contributed by atoms with E-state index in [0.29, 0.717) is 18.4 Å². The van der Waals surface area contributed by atoms with Gasteiger partial charge in [0.1, 0.15) is 18.2 Å². The summed E-state index contributed by atoms with van der Waals surface area (Å²) < 4.78 is 5.59. The van der Waals surface area contributed by atoms with Gasteiger partial charge in [-0.05, 0) is 37.6 Å². The fourth-order valence-electron chi connectivity index (χ4n) is 6.45. The molecule has 1 aliphatic carbocycles. The van der Waals surface area contributed by atoms with Crippen LogP contribution in [0.15, 0.2) is 34.8 Å². The lowest BCUT2D eigenvalue weighted by atomic mass is 9.80. The summed E-state index contributed by atoms with van der Waals surface area (Å²) in [5.74, 6) is -0.838. The molecule has 12 nitrogen and oxygen atoms in total. The van der Waals surface area contributed by atoms with E-state index in [1.165, 1.54) is 4.90 Å². The Morgan fingerprint density at radius 3 is 2.59 bits per heavy atom.